The molecule has 1 atom stereocenters. The molecule has 0 aliphatic rings. The Morgan fingerprint density at radius 1 is 1.27 bits per heavy atom. The summed E-state index contributed by atoms with van der Waals surface area (Å²) >= 11 is 0. The van der Waals surface area contributed by atoms with Gasteiger partial charge in [0, 0.05) is 24.6 Å². The first-order valence-corrected chi connectivity index (χ1v) is 5.15. The van der Waals surface area contributed by atoms with Gasteiger partial charge in [-0.05, 0) is 17.7 Å². The summed E-state index contributed by atoms with van der Waals surface area (Å²) in [5, 5.41) is 1.23. The minimum atomic E-state index is 0.405. The number of hydrogen-bond donors (Lipinski definition) is 0. The van der Waals surface area contributed by atoms with Crippen LogP contribution in [-0.4, -0.2) is 18.7 Å². The van der Waals surface area contributed by atoms with Crippen LogP contribution >= 0.6 is 0 Å². The summed E-state index contributed by atoms with van der Waals surface area (Å²) in [7, 11) is 1.74. The molecule has 0 radical (unpaired) electrons. The lowest BCUT2D eigenvalue weighted by atomic mass is 9.98. The number of para-hydroxylation sites is 1. The van der Waals surface area contributed by atoms with E-state index in [1.54, 1.807) is 7.11 Å². The SMILES string of the molecule is COCC(C)c1ccnc2ccccc12. The summed E-state index contributed by atoms with van der Waals surface area (Å²) in [5.74, 6) is 0.405. The molecule has 1 unspecified atom stereocenters. The third kappa shape index (κ3) is 2.00. The molecule has 2 rings (SSSR count). The lowest BCUT2D eigenvalue weighted by molar-refractivity contribution is 0.184. The van der Waals surface area contributed by atoms with Crippen LogP contribution in [0.25, 0.3) is 10.9 Å². The van der Waals surface area contributed by atoms with Crippen molar-refractivity contribution in [2.75, 3.05) is 13.7 Å². The molecule has 1 aromatic heterocycles. The molecular formula is C13H15NO. The quantitative estimate of drug-likeness (QED) is 0.761. The van der Waals surface area contributed by atoms with E-state index in [-0.39, 0.29) is 0 Å². The summed E-state index contributed by atoms with van der Waals surface area (Å²) in [6, 6.07) is 10.3. The Hall–Kier alpha value is -1.41. The molecule has 78 valence electrons. The highest BCUT2D eigenvalue weighted by Crippen LogP contribution is 2.23. The van der Waals surface area contributed by atoms with Crippen LogP contribution in [-0.2, 0) is 4.74 Å². The summed E-state index contributed by atoms with van der Waals surface area (Å²) in [6.45, 7) is 2.92. The Morgan fingerprint density at radius 3 is 2.87 bits per heavy atom. The van der Waals surface area contributed by atoms with Crippen molar-refractivity contribution >= 4 is 10.9 Å². The zero-order valence-electron chi connectivity index (χ0n) is 9.10. The van der Waals surface area contributed by atoms with Gasteiger partial charge in [0.15, 0.2) is 0 Å². The number of ether oxygens (including phenoxy) is 1. The maximum Gasteiger partial charge on any atom is 0.0704 e. The molecule has 0 saturated heterocycles. The van der Waals surface area contributed by atoms with Gasteiger partial charge in [-0.15, -0.1) is 0 Å². The lowest BCUT2D eigenvalue weighted by Crippen LogP contribution is -2.02. The second kappa shape index (κ2) is 4.41. The largest absolute Gasteiger partial charge is 0.384 e. The van der Waals surface area contributed by atoms with Crippen LogP contribution < -0.4 is 0 Å². The van der Waals surface area contributed by atoms with Crippen LogP contribution in [0.1, 0.15) is 18.4 Å². The van der Waals surface area contributed by atoms with E-state index in [0.717, 1.165) is 12.1 Å². The predicted octanol–water partition coefficient (Wildman–Crippen LogP) is 2.98. The molecule has 0 aliphatic carbocycles. The van der Waals surface area contributed by atoms with Crippen molar-refractivity contribution in [3.8, 4) is 0 Å². The summed E-state index contributed by atoms with van der Waals surface area (Å²) in [6.07, 6.45) is 1.86. The van der Waals surface area contributed by atoms with Crippen molar-refractivity contribution in [2.24, 2.45) is 0 Å². The van der Waals surface area contributed by atoms with Crippen LogP contribution in [0.2, 0.25) is 0 Å². The molecule has 0 amide bonds. The van der Waals surface area contributed by atoms with Gasteiger partial charge in [-0.25, -0.2) is 0 Å². The Morgan fingerprint density at radius 2 is 2.07 bits per heavy atom. The normalized spacial score (nSPS) is 12.9. The fourth-order valence-corrected chi connectivity index (χ4v) is 1.89. The highest BCUT2D eigenvalue weighted by atomic mass is 16.5. The van der Waals surface area contributed by atoms with Gasteiger partial charge in [0.2, 0.25) is 0 Å². The van der Waals surface area contributed by atoms with Gasteiger partial charge < -0.3 is 4.74 Å². The van der Waals surface area contributed by atoms with E-state index in [1.807, 2.05) is 24.4 Å². The number of aromatic nitrogens is 1. The second-order valence-corrected chi connectivity index (χ2v) is 3.77. The van der Waals surface area contributed by atoms with Gasteiger partial charge in [-0.1, -0.05) is 25.1 Å². The van der Waals surface area contributed by atoms with Gasteiger partial charge in [0.25, 0.3) is 0 Å². The highest BCUT2D eigenvalue weighted by Gasteiger charge is 2.08. The standard InChI is InChI=1S/C13H15NO/c1-10(9-15-2)11-7-8-14-13-6-4-3-5-12(11)13/h3-8,10H,9H2,1-2H3. The van der Waals surface area contributed by atoms with Crippen molar-refractivity contribution in [2.45, 2.75) is 12.8 Å². The molecule has 0 N–H and O–H groups in total. The molecule has 1 heterocycles. The summed E-state index contributed by atoms with van der Waals surface area (Å²) in [5.41, 5.74) is 2.36. The number of hydrogen-bond acceptors (Lipinski definition) is 2. The van der Waals surface area contributed by atoms with Gasteiger partial charge in [0.1, 0.15) is 0 Å². The van der Waals surface area contributed by atoms with E-state index in [4.69, 9.17) is 4.74 Å². The molecule has 0 aliphatic heterocycles. The Kier molecular flexibility index (Phi) is 2.97. The number of nitrogens with zero attached hydrogens (tertiary/aromatic N) is 1. The first-order chi connectivity index (χ1) is 7.33. The number of methoxy groups -OCH3 is 1. The van der Waals surface area contributed by atoms with Crippen molar-refractivity contribution in [1.82, 2.24) is 4.98 Å². The van der Waals surface area contributed by atoms with Gasteiger partial charge in [0.05, 0.1) is 12.1 Å². The molecule has 2 heteroatoms. The topological polar surface area (TPSA) is 22.1 Å². The molecule has 2 aromatic rings. The van der Waals surface area contributed by atoms with Crippen LogP contribution in [0, 0.1) is 0 Å². The monoisotopic (exact) mass is 201 g/mol. The number of benzene rings is 1. The number of fused-ring (bicyclic) bond motifs is 1. The van der Waals surface area contributed by atoms with Gasteiger partial charge in [-0.2, -0.15) is 0 Å². The summed E-state index contributed by atoms with van der Waals surface area (Å²) in [4.78, 5) is 4.34. The Labute approximate surface area is 89.9 Å². The molecule has 0 saturated carbocycles. The van der Waals surface area contributed by atoms with Crippen LogP contribution in [0.3, 0.4) is 0 Å². The van der Waals surface area contributed by atoms with E-state index in [2.05, 4.69) is 24.0 Å². The van der Waals surface area contributed by atoms with E-state index in [1.165, 1.54) is 10.9 Å². The maximum atomic E-state index is 5.19. The Bertz CT molecular complexity index is 448. The van der Waals surface area contributed by atoms with Gasteiger partial charge in [-0.3, -0.25) is 4.98 Å². The zero-order valence-corrected chi connectivity index (χ0v) is 9.10. The summed E-state index contributed by atoms with van der Waals surface area (Å²) < 4.78 is 5.19. The molecule has 15 heavy (non-hydrogen) atoms. The predicted molar refractivity (Wildman–Crippen MR) is 62.0 cm³/mol. The van der Waals surface area contributed by atoms with Crippen molar-refractivity contribution in [3.63, 3.8) is 0 Å². The van der Waals surface area contributed by atoms with Crippen molar-refractivity contribution in [1.29, 1.82) is 0 Å². The smallest absolute Gasteiger partial charge is 0.0704 e. The van der Waals surface area contributed by atoms with E-state index >= 15 is 0 Å². The molecule has 1 aromatic carbocycles. The zero-order chi connectivity index (χ0) is 10.7. The van der Waals surface area contributed by atoms with Crippen molar-refractivity contribution < 1.29 is 4.74 Å². The van der Waals surface area contributed by atoms with E-state index < -0.39 is 0 Å². The molecule has 2 nitrogen and oxygen atoms in total. The minimum absolute atomic E-state index is 0.405. The van der Waals surface area contributed by atoms with Crippen LogP contribution in [0.15, 0.2) is 36.5 Å². The van der Waals surface area contributed by atoms with Crippen LogP contribution in [0.4, 0.5) is 0 Å². The first-order valence-electron chi connectivity index (χ1n) is 5.15. The lowest BCUT2D eigenvalue weighted by Gasteiger charge is -2.12. The molecule has 0 bridgehead atoms. The Balaban J connectivity index is 2.50. The van der Waals surface area contributed by atoms with Crippen LogP contribution in [0.5, 0.6) is 0 Å². The highest BCUT2D eigenvalue weighted by molar-refractivity contribution is 5.82. The van der Waals surface area contributed by atoms with E-state index in [9.17, 15) is 0 Å². The number of rotatable bonds is 3. The number of pyridine rings is 1. The average Bonchev–Trinajstić information content (AvgIpc) is 2.28. The van der Waals surface area contributed by atoms with E-state index in [0.29, 0.717) is 5.92 Å². The first kappa shape index (κ1) is 10.1. The molecule has 0 fully saturated rings. The maximum absolute atomic E-state index is 5.19. The molecule has 0 spiro atoms. The third-order valence-corrected chi connectivity index (χ3v) is 2.63. The third-order valence-electron chi connectivity index (χ3n) is 2.63. The minimum Gasteiger partial charge on any atom is -0.384 e. The average molecular weight is 201 g/mol. The fraction of sp³-hybridized carbons (Fsp3) is 0.308. The van der Waals surface area contributed by atoms with Crippen molar-refractivity contribution in [3.05, 3.63) is 42.1 Å². The van der Waals surface area contributed by atoms with Gasteiger partial charge >= 0.3 is 0 Å². The molecular weight excluding hydrogens is 186 g/mol. The fourth-order valence-electron chi connectivity index (χ4n) is 1.89. The second-order valence-electron chi connectivity index (χ2n) is 3.77.